The summed E-state index contributed by atoms with van der Waals surface area (Å²) in [4.78, 5) is 8.35. The van der Waals surface area contributed by atoms with Crippen molar-refractivity contribution < 1.29 is 4.74 Å². The van der Waals surface area contributed by atoms with E-state index in [9.17, 15) is 0 Å². The van der Waals surface area contributed by atoms with E-state index < -0.39 is 0 Å². The van der Waals surface area contributed by atoms with Gasteiger partial charge in [0.1, 0.15) is 23.3 Å². The van der Waals surface area contributed by atoms with E-state index in [1.165, 1.54) is 6.07 Å². The predicted molar refractivity (Wildman–Crippen MR) is 72.5 cm³/mol. The third-order valence-electron chi connectivity index (χ3n) is 2.77. The lowest BCUT2D eigenvalue weighted by atomic mass is 10.1. The molecule has 2 aromatic rings. The zero-order chi connectivity index (χ0) is 13.8. The van der Waals surface area contributed by atoms with Gasteiger partial charge in [-0.25, -0.2) is 9.97 Å². The van der Waals surface area contributed by atoms with Crippen LogP contribution >= 0.6 is 0 Å². The Morgan fingerprint density at radius 1 is 1.32 bits per heavy atom. The summed E-state index contributed by atoms with van der Waals surface area (Å²) in [6, 6.07) is 9.22. The van der Waals surface area contributed by atoms with Crippen LogP contribution in [0.15, 0.2) is 24.3 Å². The van der Waals surface area contributed by atoms with Crippen LogP contribution in [-0.2, 0) is 6.42 Å². The highest BCUT2D eigenvalue weighted by atomic mass is 16.5. The maximum Gasteiger partial charge on any atom is 0.166 e. The molecule has 0 unspecified atom stereocenters. The van der Waals surface area contributed by atoms with E-state index in [1.54, 1.807) is 7.11 Å². The number of hydrogen-bond donors (Lipinski definition) is 1. The number of nitrogens with two attached hydrogens (primary N) is 1. The van der Waals surface area contributed by atoms with Crippen LogP contribution in [-0.4, -0.2) is 17.1 Å². The quantitative estimate of drug-likeness (QED) is 0.907. The number of anilines is 1. The Kier molecular flexibility index (Phi) is 3.62. The summed E-state index contributed by atoms with van der Waals surface area (Å²) in [6.45, 7) is 2.06. The normalized spacial score (nSPS) is 9.95. The lowest BCUT2D eigenvalue weighted by Gasteiger charge is -2.09. The molecule has 2 N–H and O–H groups in total. The van der Waals surface area contributed by atoms with E-state index in [2.05, 4.69) is 16.9 Å². The summed E-state index contributed by atoms with van der Waals surface area (Å²) in [6.07, 6.45) is 0.893. The smallest absolute Gasteiger partial charge is 0.166 e. The number of aromatic nitrogens is 2. The van der Waals surface area contributed by atoms with Crippen LogP contribution in [0.1, 0.15) is 18.2 Å². The standard InChI is InChI=1S/C14H14N4O/c1-3-9-4-5-12(19-2)11(6-9)14-17-10(8-15)7-13(16)18-14/h4-7H,3H2,1-2H3,(H2,16,17,18). The highest BCUT2D eigenvalue weighted by Gasteiger charge is 2.11. The van der Waals surface area contributed by atoms with E-state index in [1.807, 2.05) is 24.3 Å². The largest absolute Gasteiger partial charge is 0.496 e. The lowest BCUT2D eigenvalue weighted by Crippen LogP contribution is -2.00. The molecular formula is C14H14N4O. The van der Waals surface area contributed by atoms with Crippen molar-refractivity contribution in [1.29, 1.82) is 5.26 Å². The molecule has 0 amide bonds. The van der Waals surface area contributed by atoms with Gasteiger partial charge in [0.2, 0.25) is 0 Å². The molecule has 0 saturated heterocycles. The number of methoxy groups -OCH3 is 1. The second-order valence-electron chi connectivity index (χ2n) is 4.00. The Morgan fingerprint density at radius 2 is 2.11 bits per heavy atom. The van der Waals surface area contributed by atoms with Crippen LogP contribution in [0.25, 0.3) is 11.4 Å². The first-order valence-corrected chi connectivity index (χ1v) is 5.90. The number of hydrogen-bond acceptors (Lipinski definition) is 5. The van der Waals surface area contributed by atoms with Crippen LogP contribution in [0.3, 0.4) is 0 Å². The summed E-state index contributed by atoms with van der Waals surface area (Å²) in [5.74, 6) is 1.33. The molecule has 0 radical (unpaired) electrons. The molecule has 0 aliphatic heterocycles. The zero-order valence-corrected chi connectivity index (χ0v) is 10.8. The number of aryl methyl sites for hydroxylation is 1. The number of benzene rings is 1. The van der Waals surface area contributed by atoms with Crippen molar-refractivity contribution in [3.05, 3.63) is 35.5 Å². The fourth-order valence-corrected chi connectivity index (χ4v) is 1.79. The Bertz CT molecular complexity index is 646. The van der Waals surface area contributed by atoms with Gasteiger partial charge < -0.3 is 10.5 Å². The molecule has 5 nitrogen and oxygen atoms in total. The first kappa shape index (κ1) is 12.8. The monoisotopic (exact) mass is 254 g/mol. The number of nitrogens with zero attached hydrogens (tertiary/aromatic N) is 3. The van der Waals surface area contributed by atoms with Gasteiger partial charge in [-0.05, 0) is 24.1 Å². The summed E-state index contributed by atoms with van der Waals surface area (Å²) >= 11 is 0. The first-order valence-electron chi connectivity index (χ1n) is 5.90. The highest BCUT2D eigenvalue weighted by molar-refractivity contribution is 5.66. The Morgan fingerprint density at radius 3 is 2.74 bits per heavy atom. The molecule has 0 spiro atoms. The van der Waals surface area contributed by atoms with Gasteiger partial charge in [0, 0.05) is 6.07 Å². The average Bonchev–Trinajstić information content (AvgIpc) is 2.45. The molecule has 19 heavy (non-hydrogen) atoms. The number of rotatable bonds is 3. The zero-order valence-electron chi connectivity index (χ0n) is 10.8. The molecule has 2 rings (SSSR count). The summed E-state index contributed by atoms with van der Waals surface area (Å²) < 4.78 is 5.31. The van der Waals surface area contributed by atoms with Gasteiger partial charge in [-0.1, -0.05) is 13.0 Å². The third kappa shape index (κ3) is 2.63. The Labute approximate surface area is 111 Å². The molecule has 1 heterocycles. The van der Waals surface area contributed by atoms with Crippen molar-refractivity contribution in [2.24, 2.45) is 0 Å². The molecule has 0 atom stereocenters. The molecule has 0 aliphatic carbocycles. The first-order chi connectivity index (χ1) is 9.17. The Hall–Kier alpha value is -2.61. The third-order valence-corrected chi connectivity index (χ3v) is 2.77. The van der Waals surface area contributed by atoms with Crippen molar-refractivity contribution in [3.63, 3.8) is 0 Å². The molecule has 5 heteroatoms. The summed E-state index contributed by atoms with van der Waals surface area (Å²) in [5, 5.41) is 8.93. The van der Waals surface area contributed by atoms with E-state index >= 15 is 0 Å². The molecule has 1 aromatic heterocycles. The topological polar surface area (TPSA) is 84.8 Å². The fourth-order valence-electron chi connectivity index (χ4n) is 1.79. The second kappa shape index (κ2) is 5.36. The summed E-state index contributed by atoms with van der Waals surface area (Å²) in [7, 11) is 1.59. The molecule has 0 fully saturated rings. The Balaban J connectivity index is 2.63. The van der Waals surface area contributed by atoms with E-state index in [-0.39, 0.29) is 11.5 Å². The van der Waals surface area contributed by atoms with Crippen LogP contribution in [0.5, 0.6) is 5.75 Å². The van der Waals surface area contributed by atoms with Crippen LogP contribution < -0.4 is 10.5 Å². The van der Waals surface area contributed by atoms with E-state index in [0.29, 0.717) is 11.6 Å². The molecule has 0 saturated carbocycles. The minimum atomic E-state index is 0.242. The van der Waals surface area contributed by atoms with Gasteiger partial charge >= 0.3 is 0 Å². The molecule has 0 bridgehead atoms. The van der Waals surface area contributed by atoms with E-state index in [0.717, 1.165) is 17.5 Å². The number of nitriles is 1. The maximum atomic E-state index is 8.93. The van der Waals surface area contributed by atoms with Gasteiger partial charge in [-0.3, -0.25) is 0 Å². The average molecular weight is 254 g/mol. The van der Waals surface area contributed by atoms with Crippen LogP contribution in [0.2, 0.25) is 0 Å². The highest BCUT2D eigenvalue weighted by Crippen LogP contribution is 2.29. The van der Waals surface area contributed by atoms with Gasteiger partial charge in [-0.15, -0.1) is 0 Å². The molecule has 0 aliphatic rings. The minimum absolute atomic E-state index is 0.242. The van der Waals surface area contributed by atoms with Crippen molar-refractivity contribution in [1.82, 2.24) is 9.97 Å². The van der Waals surface area contributed by atoms with Crippen LogP contribution in [0, 0.1) is 11.3 Å². The molecule has 96 valence electrons. The van der Waals surface area contributed by atoms with Gasteiger partial charge in [0.25, 0.3) is 0 Å². The SMILES string of the molecule is CCc1ccc(OC)c(-c2nc(N)cc(C#N)n2)c1. The van der Waals surface area contributed by atoms with Gasteiger partial charge in [-0.2, -0.15) is 5.26 Å². The second-order valence-corrected chi connectivity index (χ2v) is 4.00. The van der Waals surface area contributed by atoms with Crippen molar-refractivity contribution in [2.45, 2.75) is 13.3 Å². The van der Waals surface area contributed by atoms with Crippen molar-refractivity contribution >= 4 is 5.82 Å². The summed E-state index contributed by atoms with van der Waals surface area (Å²) in [5.41, 5.74) is 7.81. The number of ether oxygens (including phenoxy) is 1. The van der Waals surface area contributed by atoms with Crippen molar-refractivity contribution in [3.8, 4) is 23.2 Å². The van der Waals surface area contributed by atoms with Gasteiger partial charge in [0.15, 0.2) is 5.82 Å². The van der Waals surface area contributed by atoms with Crippen LogP contribution in [0.4, 0.5) is 5.82 Å². The molecular weight excluding hydrogens is 240 g/mol. The minimum Gasteiger partial charge on any atom is -0.496 e. The number of nitrogen functional groups attached to an aromatic ring is 1. The lowest BCUT2D eigenvalue weighted by molar-refractivity contribution is 0.416. The fraction of sp³-hybridized carbons (Fsp3) is 0.214. The van der Waals surface area contributed by atoms with Gasteiger partial charge in [0.05, 0.1) is 12.7 Å². The molecule has 1 aromatic carbocycles. The maximum absolute atomic E-state index is 8.93. The van der Waals surface area contributed by atoms with E-state index in [4.69, 9.17) is 15.7 Å². The van der Waals surface area contributed by atoms with Crippen molar-refractivity contribution in [2.75, 3.05) is 12.8 Å². The predicted octanol–water partition coefficient (Wildman–Crippen LogP) is 2.17.